The Morgan fingerprint density at radius 1 is 0.864 bits per heavy atom. The standard InChI is InChI=1S/C18H14Br2N2/c1-22-16(19)12-15(18(22)20)21-17(13-8-4-2-5-9-13)14-10-6-3-7-11-14/h2-12H,1H3. The van der Waals surface area contributed by atoms with Crippen molar-refractivity contribution in [1.82, 2.24) is 4.57 Å². The van der Waals surface area contributed by atoms with Crippen molar-refractivity contribution in [3.05, 3.63) is 87.1 Å². The number of hydrogen-bond acceptors (Lipinski definition) is 1. The Hall–Kier alpha value is -1.65. The third kappa shape index (κ3) is 3.08. The summed E-state index contributed by atoms with van der Waals surface area (Å²) in [6.45, 7) is 0. The van der Waals surface area contributed by atoms with E-state index in [1.807, 2.05) is 54.1 Å². The topological polar surface area (TPSA) is 17.3 Å². The summed E-state index contributed by atoms with van der Waals surface area (Å²) in [7, 11) is 1.98. The second-order valence-electron chi connectivity index (χ2n) is 4.89. The van der Waals surface area contributed by atoms with Crippen LogP contribution in [0.4, 0.5) is 5.69 Å². The summed E-state index contributed by atoms with van der Waals surface area (Å²) in [5, 5.41) is 0. The van der Waals surface area contributed by atoms with Crippen LogP contribution in [0.2, 0.25) is 0 Å². The summed E-state index contributed by atoms with van der Waals surface area (Å²) in [6, 6.07) is 22.5. The molecule has 1 aromatic heterocycles. The Balaban J connectivity index is 2.18. The lowest BCUT2D eigenvalue weighted by Crippen LogP contribution is -2.02. The average molecular weight is 418 g/mol. The van der Waals surface area contributed by atoms with E-state index in [1.54, 1.807) is 0 Å². The van der Waals surface area contributed by atoms with E-state index in [9.17, 15) is 0 Å². The fourth-order valence-corrected chi connectivity index (χ4v) is 3.25. The molecule has 1 heterocycles. The van der Waals surface area contributed by atoms with Crippen LogP contribution in [0.3, 0.4) is 0 Å². The molecule has 0 atom stereocenters. The summed E-state index contributed by atoms with van der Waals surface area (Å²) >= 11 is 7.13. The van der Waals surface area contributed by atoms with Crippen LogP contribution < -0.4 is 0 Å². The van der Waals surface area contributed by atoms with Gasteiger partial charge in [0.2, 0.25) is 0 Å². The summed E-state index contributed by atoms with van der Waals surface area (Å²) in [4.78, 5) is 4.90. The molecule has 0 spiro atoms. The number of benzene rings is 2. The molecule has 3 rings (SSSR count). The second-order valence-corrected chi connectivity index (χ2v) is 6.46. The van der Waals surface area contributed by atoms with Crippen molar-refractivity contribution in [2.45, 2.75) is 0 Å². The fourth-order valence-electron chi connectivity index (χ4n) is 2.22. The highest BCUT2D eigenvalue weighted by Gasteiger charge is 2.11. The molecule has 0 unspecified atom stereocenters. The van der Waals surface area contributed by atoms with Crippen LogP contribution in [-0.4, -0.2) is 10.3 Å². The van der Waals surface area contributed by atoms with Crippen molar-refractivity contribution in [2.24, 2.45) is 12.0 Å². The van der Waals surface area contributed by atoms with Gasteiger partial charge in [-0.2, -0.15) is 0 Å². The molecule has 0 aliphatic carbocycles. The minimum absolute atomic E-state index is 0.900. The van der Waals surface area contributed by atoms with E-state index in [0.29, 0.717) is 0 Å². The lowest BCUT2D eigenvalue weighted by Gasteiger charge is -2.07. The first-order valence-electron chi connectivity index (χ1n) is 6.87. The van der Waals surface area contributed by atoms with E-state index in [1.165, 1.54) is 0 Å². The zero-order chi connectivity index (χ0) is 15.5. The number of rotatable bonds is 3. The van der Waals surface area contributed by atoms with E-state index >= 15 is 0 Å². The Bertz CT molecular complexity index is 764. The zero-order valence-corrected chi connectivity index (χ0v) is 15.2. The van der Waals surface area contributed by atoms with Gasteiger partial charge in [-0.3, -0.25) is 0 Å². The fraction of sp³-hybridized carbons (Fsp3) is 0.0556. The maximum Gasteiger partial charge on any atom is 0.111 e. The van der Waals surface area contributed by atoms with E-state index in [0.717, 1.165) is 31.7 Å². The molecule has 0 N–H and O–H groups in total. The number of hydrogen-bond donors (Lipinski definition) is 0. The first-order valence-corrected chi connectivity index (χ1v) is 8.45. The monoisotopic (exact) mass is 416 g/mol. The molecule has 110 valence electrons. The molecule has 0 fully saturated rings. The molecule has 0 bridgehead atoms. The van der Waals surface area contributed by atoms with Crippen molar-refractivity contribution in [2.75, 3.05) is 0 Å². The number of halogens is 2. The highest BCUT2D eigenvalue weighted by atomic mass is 79.9. The van der Waals surface area contributed by atoms with Crippen LogP contribution in [0.5, 0.6) is 0 Å². The maximum atomic E-state index is 4.90. The molecule has 2 aromatic carbocycles. The summed E-state index contributed by atoms with van der Waals surface area (Å²) in [5.41, 5.74) is 4.05. The largest absolute Gasteiger partial charge is 0.331 e. The molecule has 0 saturated heterocycles. The molecule has 0 aliphatic heterocycles. The lowest BCUT2D eigenvalue weighted by atomic mass is 10.0. The molecule has 0 aliphatic rings. The van der Waals surface area contributed by atoms with E-state index in [4.69, 9.17) is 4.99 Å². The smallest absolute Gasteiger partial charge is 0.111 e. The van der Waals surface area contributed by atoms with Crippen molar-refractivity contribution in [3.8, 4) is 0 Å². The van der Waals surface area contributed by atoms with Crippen molar-refractivity contribution in [1.29, 1.82) is 0 Å². The van der Waals surface area contributed by atoms with Gasteiger partial charge < -0.3 is 4.57 Å². The molecular formula is C18H14Br2N2. The quantitative estimate of drug-likeness (QED) is 0.485. The summed E-state index contributed by atoms with van der Waals surface area (Å²) < 4.78 is 3.94. The Morgan fingerprint density at radius 2 is 1.36 bits per heavy atom. The molecule has 2 nitrogen and oxygen atoms in total. The molecule has 0 saturated carbocycles. The molecule has 22 heavy (non-hydrogen) atoms. The molecule has 0 radical (unpaired) electrons. The highest BCUT2D eigenvalue weighted by molar-refractivity contribution is 9.11. The van der Waals surface area contributed by atoms with Crippen LogP contribution in [-0.2, 0) is 7.05 Å². The van der Waals surface area contributed by atoms with Crippen LogP contribution in [0.25, 0.3) is 0 Å². The minimum atomic E-state index is 0.900. The SMILES string of the molecule is Cn1c(Br)cc(N=C(c2ccccc2)c2ccccc2)c1Br. The van der Waals surface area contributed by atoms with Gasteiger partial charge in [0.15, 0.2) is 0 Å². The number of aromatic nitrogens is 1. The Labute approximate surface area is 146 Å². The van der Waals surface area contributed by atoms with Gasteiger partial charge in [0, 0.05) is 18.2 Å². The van der Waals surface area contributed by atoms with Crippen LogP contribution >= 0.6 is 31.9 Å². The van der Waals surface area contributed by atoms with Gasteiger partial charge in [0.25, 0.3) is 0 Å². The van der Waals surface area contributed by atoms with Crippen LogP contribution in [0, 0.1) is 0 Å². The maximum absolute atomic E-state index is 4.90. The Morgan fingerprint density at radius 3 is 1.77 bits per heavy atom. The van der Waals surface area contributed by atoms with Gasteiger partial charge in [0.1, 0.15) is 4.60 Å². The van der Waals surface area contributed by atoms with Crippen molar-refractivity contribution >= 4 is 43.3 Å². The second kappa shape index (κ2) is 6.63. The van der Waals surface area contributed by atoms with Crippen LogP contribution in [0.15, 0.2) is 80.9 Å². The molecular weight excluding hydrogens is 404 g/mol. The van der Waals surface area contributed by atoms with Crippen molar-refractivity contribution in [3.63, 3.8) is 0 Å². The lowest BCUT2D eigenvalue weighted by molar-refractivity contribution is 0.877. The average Bonchev–Trinajstić information content (AvgIpc) is 2.81. The van der Waals surface area contributed by atoms with Gasteiger partial charge >= 0.3 is 0 Å². The van der Waals surface area contributed by atoms with E-state index in [2.05, 4.69) is 56.1 Å². The van der Waals surface area contributed by atoms with E-state index in [-0.39, 0.29) is 0 Å². The third-order valence-electron chi connectivity index (χ3n) is 3.41. The Kier molecular flexibility index (Phi) is 4.60. The van der Waals surface area contributed by atoms with Gasteiger partial charge in [-0.1, -0.05) is 60.7 Å². The predicted molar refractivity (Wildman–Crippen MR) is 99.0 cm³/mol. The molecule has 4 heteroatoms. The first-order chi connectivity index (χ1) is 10.7. The predicted octanol–water partition coefficient (Wildman–Crippen LogP) is 5.72. The third-order valence-corrected chi connectivity index (χ3v) is 5.11. The molecule has 0 amide bonds. The van der Waals surface area contributed by atoms with Gasteiger partial charge in [-0.25, -0.2) is 4.99 Å². The number of aliphatic imine (C=N–C) groups is 1. The summed E-state index contributed by atoms with van der Waals surface area (Å²) in [6.07, 6.45) is 0. The first kappa shape index (κ1) is 15.3. The van der Waals surface area contributed by atoms with Gasteiger partial charge in [-0.05, 0) is 37.9 Å². The molecule has 3 aromatic rings. The van der Waals surface area contributed by atoms with Gasteiger partial charge in [0.05, 0.1) is 16.0 Å². The highest BCUT2D eigenvalue weighted by Crippen LogP contribution is 2.32. The number of nitrogens with zero attached hydrogens (tertiary/aromatic N) is 2. The van der Waals surface area contributed by atoms with Crippen molar-refractivity contribution < 1.29 is 0 Å². The zero-order valence-electron chi connectivity index (χ0n) is 12.0. The normalized spacial score (nSPS) is 10.5. The van der Waals surface area contributed by atoms with Crippen LogP contribution in [0.1, 0.15) is 11.1 Å². The van der Waals surface area contributed by atoms with E-state index < -0.39 is 0 Å². The minimum Gasteiger partial charge on any atom is -0.331 e. The van der Waals surface area contributed by atoms with Gasteiger partial charge in [-0.15, -0.1) is 0 Å². The summed E-state index contributed by atoms with van der Waals surface area (Å²) in [5.74, 6) is 0.